The number of rotatable bonds is 4. The number of aliphatic imine (C=N–C) groups is 1. The Morgan fingerprint density at radius 3 is 2.64 bits per heavy atom. The quantitative estimate of drug-likeness (QED) is 0.299. The van der Waals surface area contributed by atoms with Crippen LogP contribution in [0.15, 0.2) is 70.1 Å². The number of oxazole rings is 1. The second-order valence-electron chi connectivity index (χ2n) is 5.89. The largest absolute Gasteiger partial charge is 0.867 e. The van der Waals surface area contributed by atoms with Crippen LogP contribution < -0.4 is 5.11 Å². The Morgan fingerprint density at radius 2 is 1.89 bits per heavy atom. The number of halogens is 1. The zero-order valence-corrected chi connectivity index (χ0v) is 14.2. The molecule has 0 unspecified atom stereocenters. The molecule has 0 aliphatic heterocycles. The van der Waals surface area contributed by atoms with Gasteiger partial charge < -0.3 is 9.52 Å². The second kappa shape index (κ2) is 6.92. The molecule has 1 aromatic heterocycles. The first-order chi connectivity index (χ1) is 13.5. The van der Waals surface area contributed by atoms with Crippen molar-refractivity contribution in [2.24, 2.45) is 4.99 Å². The van der Waals surface area contributed by atoms with Gasteiger partial charge in [-0.2, -0.15) is 0 Å². The Kier molecular flexibility index (Phi) is 4.29. The van der Waals surface area contributed by atoms with Gasteiger partial charge in [0.05, 0.1) is 10.6 Å². The van der Waals surface area contributed by atoms with Gasteiger partial charge >= 0.3 is 0 Å². The second-order valence-corrected chi connectivity index (χ2v) is 5.89. The molecule has 4 aromatic rings. The van der Waals surface area contributed by atoms with E-state index >= 15 is 0 Å². The van der Waals surface area contributed by atoms with Crippen molar-refractivity contribution in [3.05, 3.63) is 82.2 Å². The highest BCUT2D eigenvalue weighted by Gasteiger charge is 2.10. The van der Waals surface area contributed by atoms with Crippen LogP contribution in [0.3, 0.4) is 0 Å². The van der Waals surface area contributed by atoms with E-state index in [0.29, 0.717) is 28.2 Å². The van der Waals surface area contributed by atoms with E-state index in [-0.39, 0.29) is 11.4 Å². The Hall–Kier alpha value is -4.07. The van der Waals surface area contributed by atoms with Crippen LogP contribution in [0.1, 0.15) is 5.56 Å². The lowest BCUT2D eigenvalue weighted by Crippen LogP contribution is -2.01. The SMILES string of the molecule is O=[N+]([O-])c1cccc(C=Nc2ccc3oc(-c4ccc(F)cc4)nc3c2)c1[O-]. The summed E-state index contributed by atoms with van der Waals surface area (Å²) in [5.41, 5.74) is 1.81. The smallest absolute Gasteiger partial charge is 0.262 e. The van der Waals surface area contributed by atoms with Crippen molar-refractivity contribution in [2.75, 3.05) is 0 Å². The van der Waals surface area contributed by atoms with Crippen molar-refractivity contribution in [1.82, 2.24) is 4.98 Å². The number of nitro benzene ring substituents is 1. The Balaban J connectivity index is 1.65. The van der Waals surface area contributed by atoms with Gasteiger partial charge in [-0.25, -0.2) is 9.37 Å². The van der Waals surface area contributed by atoms with Crippen LogP contribution in [-0.4, -0.2) is 16.1 Å². The van der Waals surface area contributed by atoms with Gasteiger partial charge in [-0.3, -0.25) is 15.1 Å². The highest BCUT2D eigenvalue weighted by atomic mass is 19.1. The third-order valence-corrected chi connectivity index (χ3v) is 4.04. The van der Waals surface area contributed by atoms with E-state index in [1.54, 1.807) is 30.3 Å². The summed E-state index contributed by atoms with van der Waals surface area (Å²) in [6.45, 7) is 0. The lowest BCUT2D eigenvalue weighted by molar-refractivity contribution is -0.398. The fourth-order valence-corrected chi connectivity index (χ4v) is 2.64. The summed E-state index contributed by atoms with van der Waals surface area (Å²) in [4.78, 5) is 18.7. The third kappa shape index (κ3) is 3.30. The van der Waals surface area contributed by atoms with Gasteiger partial charge in [0, 0.05) is 17.8 Å². The Bertz CT molecular complexity index is 1220. The number of fused-ring (bicyclic) bond motifs is 1. The lowest BCUT2D eigenvalue weighted by atomic mass is 10.2. The first-order valence-electron chi connectivity index (χ1n) is 8.16. The van der Waals surface area contributed by atoms with Crippen molar-refractivity contribution < 1.29 is 18.8 Å². The van der Waals surface area contributed by atoms with Crippen LogP contribution in [0.2, 0.25) is 0 Å². The molecule has 0 saturated heterocycles. The van der Waals surface area contributed by atoms with Gasteiger partial charge in [-0.1, -0.05) is 12.1 Å². The molecule has 1 heterocycles. The predicted octanol–water partition coefficient (Wildman–Crippen LogP) is 4.37. The van der Waals surface area contributed by atoms with Crippen molar-refractivity contribution in [2.45, 2.75) is 0 Å². The maximum absolute atomic E-state index is 13.1. The molecule has 0 radical (unpaired) electrons. The molecule has 138 valence electrons. The van der Waals surface area contributed by atoms with E-state index in [4.69, 9.17) is 4.42 Å². The molecule has 8 heteroatoms. The number of aromatic nitrogens is 1. The molecule has 28 heavy (non-hydrogen) atoms. The molecule has 0 N–H and O–H groups in total. The van der Waals surface area contributed by atoms with Crippen LogP contribution in [0.25, 0.3) is 22.6 Å². The highest BCUT2D eigenvalue weighted by molar-refractivity contribution is 5.88. The number of para-hydroxylation sites is 1. The van der Waals surface area contributed by atoms with Crippen molar-refractivity contribution in [3.8, 4) is 17.2 Å². The third-order valence-electron chi connectivity index (χ3n) is 4.04. The van der Waals surface area contributed by atoms with Crippen LogP contribution in [0, 0.1) is 15.9 Å². The van der Waals surface area contributed by atoms with E-state index in [0.717, 1.165) is 6.07 Å². The molecule has 0 fully saturated rings. The maximum atomic E-state index is 13.1. The molecule has 0 amide bonds. The summed E-state index contributed by atoms with van der Waals surface area (Å²) in [6, 6.07) is 14.8. The maximum Gasteiger partial charge on any atom is 0.262 e. The summed E-state index contributed by atoms with van der Waals surface area (Å²) in [5.74, 6) is -0.704. The van der Waals surface area contributed by atoms with Crippen molar-refractivity contribution >= 4 is 28.7 Å². The Morgan fingerprint density at radius 1 is 1.11 bits per heavy atom. The van der Waals surface area contributed by atoms with Gasteiger partial charge in [0.15, 0.2) is 5.58 Å². The minimum atomic E-state index is -0.724. The summed E-state index contributed by atoms with van der Waals surface area (Å²) in [6.07, 6.45) is 1.28. The van der Waals surface area contributed by atoms with Crippen LogP contribution in [-0.2, 0) is 0 Å². The van der Waals surface area contributed by atoms with Crippen LogP contribution >= 0.6 is 0 Å². The fraction of sp³-hybridized carbons (Fsp3) is 0. The molecule has 0 spiro atoms. The number of hydrogen-bond acceptors (Lipinski definition) is 6. The van der Waals surface area contributed by atoms with E-state index in [2.05, 4.69) is 9.98 Å². The topological polar surface area (TPSA) is 105 Å². The first-order valence-corrected chi connectivity index (χ1v) is 8.16. The molecule has 0 saturated carbocycles. The molecule has 4 rings (SSSR count). The van der Waals surface area contributed by atoms with E-state index in [1.165, 1.54) is 30.5 Å². The minimum absolute atomic E-state index is 0.112. The van der Waals surface area contributed by atoms with Gasteiger partial charge in [0.25, 0.3) is 5.69 Å². The number of benzene rings is 3. The van der Waals surface area contributed by atoms with Gasteiger partial charge in [0.2, 0.25) is 5.89 Å². The zero-order valence-electron chi connectivity index (χ0n) is 14.2. The summed E-state index contributed by atoms with van der Waals surface area (Å²) >= 11 is 0. The minimum Gasteiger partial charge on any atom is -0.867 e. The van der Waals surface area contributed by atoms with Gasteiger partial charge in [0.1, 0.15) is 11.3 Å². The van der Waals surface area contributed by atoms with Crippen LogP contribution in [0.4, 0.5) is 15.8 Å². The van der Waals surface area contributed by atoms with E-state index in [9.17, 15) is 19.6 Å². The van der Waals surface area contributed by atoms with E-state index < -0.39 is 16.4 Å². The molecule has 0 atom stereocenters. The lowest BCUT2D eigenvalue weighted by Gasteiger charge is -2.09. The molecule has 7 nitrogen and oxygen atoms in total. The molecule has 0 aliphatic rings. The van der Waals surface area contributed by atoms with E-state index in [1.807, 2.05) is 0 Å². The zero-order chi connectivity index (χ0) is 19.7. The summed E-state index contributed by atoms with van der Waals surface area (Å²) < 4.78 is 18.7. The molecular formula is C20H11FN3O4-. The standard InChI is InChI=1S/C20H12FN3O4/c21-14-6-4-12(5-7-14)20-23-16-10-15(8-9-18(16)28-20)22-11-13-2-1-3-17(19(13)25)24(26)27/h1-11,25H/p-1. The Labute approximate surface area is 157 Å². The highest BCUT2D eigenvalue weighted by Crippen LogP contribution is 2.28. The average molecular weight is 376 g/mol. The van der Waals surface area contributed by atoms with Crippen molar-refractivity contribution in [3.63, 3.8) is 0 Å². The fourth-order valence-electron chi connectivity index (χ4n) is 2.64. The predicted molar refractivity (Wildman–Crippen MR) is 99.2 cm³/mol. The monoisotopic (exact) mass is 376 g/mol. The van der Waals surface area contributed by atoms with Gasteiger partial charge in [-0.05, 0) is 53.8 Å². The van der Waals surface area contributed by atoms with Gasteiger partial charge in [-0.15, -0.1) is 0 Å². The first kappa shape index (κ1) is 17.3. The summed E-state index contributed by atoms with van der Waals surface area (Å²) in [5, 5.41) is 22.9. The summed E-state index contributed by atoms with van der Waals surface area (Å²) in [7, 11) is 0. The molecular weight excluding hydrogens is 365 g/mol. The molecule has 0 aliphatic carbocycles. The number of hydrogen-bond donors (Lipinski definition) is 0. The van der Waals surface area contributed by atoms with Crippen LogP contribution in [0.5, 0.6) is 5.75 Å². The normalized spacial score (nSPS) is 11.3. The molecule has 0 bridgehead atoms. The average Bonchev–Trinajstić information content (AvgIpc) is 3.11. The van der Waals surface area contributed by atoms with Crippen molar-refractivity contribution in [1.29, 1.82) is 0 Å². The number of nitrogens with zero attached hydrogens (tertiary/aromatic N) is 3. The number of nitro groups is 1. The molecule has 3 aromatic carbocycles.